The maximum atomic E-state index is 2.55. The Morgan fingerprint density at radius 1 is 1.46 bits per heavy atom. The lowest BCUT2D eigenvalue weighted by atomic mass is 9.73. The van der Waals surface area contributed by atoms with Crippen molar-refractivity contribution < 1.29 is 0 Å². The highest BCUT2D eigenvalue weighted by Gasteiger charge is 2.27. The van der Waals surface area contributed by atoms with Crippen LogP contribution in [-0.4, -0.2) is 4.43 Å². The van der Waals surface area contributed by atoms with Crippen molar-refractivity contribution in [1.82, 2.24) is 0 Å². The minimum atomic E-state index is 0.811. The maximum absolute atomic E-state index is 2.55. The Bertz CT molecular complexity index is 184. The molecule has 0 nitrogen and oxygen atoms in total. The molecule has 0 fully saturated rings. The van der Waals surface area contributed by atoms with E-state index in [1.165, 1.54) is 23.7 Å². The van der Waals surface area contributed by atoms with E-state index in [-0.39, 0.29) is 0 Å². The van der Waals surface area contributed by atoms with Crippen molar-refractivity contribution in [2.45, 2.75) is 40.0 Å². The van der Waals surface area contributed by atoms with Gasteiger partial charge in [-0.3, -0.25) is 0 Å². The van der Waals surface area contributed by atoms with Gasteiger partial charge in [-0.1, -0.05) is 61.4 Å². The van der Waals surface area contributed by atoms with Gasteiger partial charge in [0.2, 0.25) is 0 Å². The van der Waals surface area contributed by atoms with E-state index in [1.54, 1.807) is 5.57 Å². The van der Waals surface area contributed by atoms with Crippen molar-refractivity contribution in [3.8, 4) is 0 Å². The Morgan fingerprint density at radius 2 is 2.15 bits per heavy atom. The minimum absolute atomic E-state index is 0.811. The summed E-state index contributed by atoms with van der Waals surface area (Å²) in [6.07, 6.45) is 6.50. The van der Waals surface area contributed by atoms with Crippen LogP contribution in [0.3, 0.4) is 0 Å². The zero-order chi connectivity index (χ0) is 9.84. The summed E-state index contributed by atoms with van der Waals surface area (Å²) in [5.41, 5.74) is 1.69. The highest BCUT2D eigenvalue weighted by molar-refractivity contribution is 14.1. The van der Waals surface area contributed by atoms with Crippen LogP contribution in [0, 0.1) is 17.8 Å². The van der Waals surface area contributed by atoms with Crippen molar-refractivity contribution in [1.29, 1.82) is 0 Å². The van der Waals surface area contributed by atoms with E-state index in [1.807, 2.05) is 0 Å². The normalized spacial score (nSPS) is 34.5. The molecule has 1 heteroatoms. The molecule has 1 aliphatic rings. The molecule has 76 valence electrons. The van der Waals surface area contributed by atoms with Crippen molar-refractivity contribution in [3.63, 3.8) is 0 Å². The van der Waals surface area contributed by atoms with Gasteiger partial charge in [0.15, 0.2) is 0 Å². The topological polar surface area (TPSA) is 0 Å². The van der Waals surface area contributed by atoms with Gasteiger partial charge in [0.05, 0.1) is 0 Å². The summed E-state index contributed by atoms with van der Waals surface area (Å²) in [4.78, 5) is 0. The average Bonchev–Trinajstić information content (AvgIpc) is 2.16. The second-order valence-corrected chi connectivity index (χ2v) is 5.11. The lowest BCUT2D eigenvalue weighted by Crippen LogP contribution is -2.26. The van der Waals surface area contributed by atoms with E-state index in [9.17, 15) is 0 Å². The monoisotopic (exact) mass is 292 g/mol. The highest BCUT2D eigenvalue weighted by Crippen LogP contribution is 2.37. The molecule has 3 unspecified atom stereocenters. The molecule has 0 aromatic rings. The summed E-state index contributed by atoms with van der Waals surface area (Å²) in [5, 5.41) is 0. The smallest absolute Gasteiger partial charge is 0.00319 e. The van der Waals surface area contributed by atoms with Crippen LogP contribution in [-0.2, 0) is 0 Å². The van der Waals surface area contributed by atoms with E-state index >= 15 is 0 Å². The largest absolute Gasteiger partial charge is 0.0860 e. The molecular formula is C12H21I. The molecule has 0 aliphatic heterocycles. The first-order valence-corrected chi connectivity index (χ1v) is 7.00. The van der Waals surface area contributed by atoms with Crippen LogP contribution in [0.2, 0.25) is 0 Å². The van der Waals surface area contributed by atoms with Crippen molar-refractivity contribution in [3.05, 3.63) is 11.6 Å². The number of hydrogen-bond donors (Lipinski definition) is 0. The van der Waals surface area contributed by atoms with Gasteiger partial charge in [-0.05, 0) is 30.6 Å². The Balaban J connectivity index is 2.72. The molecule has 0 aromatic carbocycles. The Hall–Kier alpha value is 0.470. The molecular weight excluding hydrogens is 271 g/mol. The standard InChI is InChI=1S/C12H21I/c1-4-10-6-9(3)12(8-13)11(5-2)7-10/h6,9,11-12H,4-5,7-8H2,1-3H3. The SMILES string of the molecule is CCC1=CC(C)C(CI)C(CC)C1. The van der Waals surface area contributed by atoms with Crippen LogP contribution >= 0.6 is 22.6 Å². The molecule has 0 spiro atoms. The van der Waals surface area contributed by atoms with Gasteiger partial charge in [0.1, 0.15) is 0 Å². The van der Waals surface area contributed by atoms with Gasteiger partial charge in [0, 0.05) is 4.43 Å². The summed E-state index contributed by atoms with van der Waals surface area (Å²) in [6, 6.07) is 0. The van der Waals surface area contributed by atoms with Crippen LogP contribution < -0.4 is 0 Å². The molecule has 0 N–H and O–H groups in total. The van der Waals surface area contributed by atoms with Gasteiger partial charge in [0.25, 0.3) is 0 Å². The van der Waals surface area contributed by atoms with Gasteiger partial charge in [-0.25, -0.2) is 0 Å². The number of alkyl halides is 1. The molecule has 1 rings (SSSR count). The molecule has 0 radical (unpaired) electrons. The third kappa shape index (κ3) is 2.71. The Kier molecular flexibility index (Phi) is 4.77. The summed E-state index contributed by atoms with van der Waals surface area (Å²) >= 11 is 2.55. The predicted octanol–water partition coefficient (Wildman–Crippen LogP) is 4.44. The lowest BCUT2D eigenvalue weighted by molar-refractivity contribution is 0.275. The minimum Gasteiger partial charge on any atom is -0.0860 e. The van der Waals surface area contributed by atoms with Crippen LogP contribution in [0.4, 0.5) is 0 Å². The first-order chi connectivity index (χ1) is 6.22. The molecule has 3 atom stereocenters. The van der Waals surface area contributed by atoms with Crippen molar-refractivity contribution in [2.24, 2.45) is 17.8 Å². The fourth-order valence-electron chi connectivity index (χ4n) is 2.46. The molecule has 0 amide bonds. The predicted molar refractivity (Wildman–Crippen MR) is 68.3 cm³/mol. The zero-order valence-corrected chi connectivity index (χ0v) is 11.2. The number of allylic oxidation sites excluding steroid dienone is 2. The lowest BCUT2D eigenvalue weighted by Gasteiger charge is -2.34. The summed E-state index contributed by atoms with van der Waals surface area (Å²) < 4.78 is 1.32. The van der Waals surface area contributed by atoms with Crippen LogP contribution in [0.5, 0.6) is 0 Å². The third-order valence-corrected chi connectivity index (χ3v) is 4.48. The number of rotatable bonds is 3. The first kappa shape index (κ1) is 11.5. The molecule has 0 aromatic heterocycles. The van der Waals surface area contributed by atoms with Crippen LogP contribution in [0.25, 0.3) is 0 Å². The van der Waals surface area contributed by atoms with Crippen molar-refractivity contribution >= 4 is 22.6 Å². The highest BCUT2D eigenvalue weighted by atomic mass is 127. The van der Waals surface area contributed by atoms with E-state index < -0.39 is 0 Å². The summed E-state index contributed by atoms with van der Waals surface area (Å²) in [5.74, 6) is 2.69. The van der Waals surface area contributed by atoms with Gasteiger partial charge in [-0.2, -0.15) is 0 Å². The fraction of sp³-hybridized carbons (Fsp3) is 0.833. The van der Waals surface area contributed by atoms with Gasteiger partial charge in [-0.15, -0.1) is 0 Å². The zero-order valence-electron chi connectivity index (χ0n) is 9.02. The molecule has 13 heavy (non-hydrogen) atoms. The van der Waals surface area contributed by atoms with E-state index in [4.69, 9.17) is 0 Å². The summed E-state index contributed by atoms with van der Waals surface area (Å²) in [6.45, 7) is 7.02. The summed E-state index contributed by atoms with van der Waals surface area (Å²) in [7, 11) is 0. The van der Waals surface area contributed by atoms with Crippen molar-refractivity contribution in [2.75, 3.05) is 4.43 Å². The first-order valence-electron chi connectivity index (χ1n) is 5.48. The number of halogens is 1. The molecule has 1 aliphatic carbocycles. The van der Waals surface area contributed by atoms with E-state index in [0.717, 1.165) is 17.8 Å². The van der Waals surface area contributed by atoms with Gasteiger partial charge < -0.3 is 0 Å². The second-order valence-electron chi connectivity index (χ2n) is 4.23. The molecule has 0 saturated carbocycles. The fourth-order valence-corrected chi connectivity index (χ4v) is 3.98. The molecule has 0 bridgehead atoms. The van der Waals surface area contributed by atoms with Crippen LogP contribution in [0.15, 0.2) is 11.6 Å². The maximum Gasteiger partial charge on any atom is 0.00319 e. The average molecular weight is 292 g/mol. The Labute approximate surface area is 96.3 Å². The quantitative estimate of drug-likeness (QED) is 0.410. The Morgan fingerprint density at radius 3 is 2.62 bits per heavy atom. The van der Waals surface area contributed by atoms with Gasteiger partial charge >= 0.3 is 0 Å². The molecule has 0 heterocycles. The molecule has 0 saturated heterocycles. The van der Waals surface area contributed by atoms with Crippen LogP contribution in [0.1, 0.15) is 40.0 Å². The van der Waals surface area contributed by atoms with E-state index in [2.05, 4.69) is 49.4 Å². The number of hydrogen-bond acceptors (Lipinski definition) is 0. The third-order valence-electron chi connectivity index (χ3n) is 3.46. The van der Waals surface area contributed by atoms with E-state index in [0.29, 0.717) is 0 Å². The second kappa shape index (κ2) is 5.38.